The van der Waals surface area contributed by atoms with Gasteiger partial charge in [0.1, 0.15) is 19.3 Å². The molecule has 0 heterocycles. The first kappa shape index (κ1) is 104. The fraction of sp³-hybridized carbons (Fsp3) is 0.954. The van der Waals surface area contributed by atoms with Crippen LogP contribution in [0.3, 0.4) is 0 Å². The lowest BCUT2D eigenvalue weighted by atomic mass is 10.0. The van der Waals surface area contributed by atoms with Gasteiger partial charge in [-0.3, -0.25) is 37.3 Å². The minimum absolute atomic E-state index is 0.108. The average Bonchev–Trinajstić information content (AvgIpc) is 0.890. The Hall–Kier alpha value is -1.94. The summed E-state index contributed by atoms with van der Waals surface area (Å²) in [4.78, 5) is 73.2. The molecule has 0 radical (unpaired) electrons. The molecule has 17 nitrogen and oxygen atoms in total. The largest absolute Gasteiger partial charge is 0.472 e. The third-order valence-corrected chi connectivity index (χ3v) is 22.4. The quantitative estimate of drug-likeness (QED) is 0.0222. The lowest BCUT2D eigenvalue weighted by Crippen LogP contribution is -2.30. The molecular formula is C87H170O17P2. The summed E-state index contributed by atoms with van der Waals surface area (Å²) in [5.41, 5.74) is 0. The summed E-state index contributed by atoms with van der Waals surface area (Å²) < 4.78 is 68.9. The van der Waals surface area contributed by atoms with E-state index < -0.39 is 97.5 Å². The fourth-order valence-electron chi connectivity index (χ4n) is 13.6. The number of hydrogen-bond donors (Lipinski definition) is 3. The SMILES string of the molecule is CCCCCCCCCCCCCCCCCCCCCCCC(=O)O[C@H](COC(=O)CCCCCCCCCCCCCCCCCC(C)C)COP(=O)(O)OC[C@@H](O)COP(=O)(O)OC[C@@H](COC(=O)CCCCCCCCC(C)C)OC(=O)CCCCCCCCCCCCCCCCCCCC. The Labute approximate surface area is 651 Å². The molecule has 0 aliphatic heterocycles. The van der Waals surface area contributed by atoms with Crippen LogP contribution >= 0.6 is 15.6 Å². The molecule has 0 aromatic carbocycles. The van der Waals surface area contributed by atoms with Crippen molar-refractivity contribution < 1.29 is 80.2 Å². The van der Waals surface area contributed by atoms with Gasteiger partial charge in [-0.15, -0.1) is 0 Å². The Balaban J connectivity index is 5.20. The Kier molecular flexibility index (Phi) is 76.9. The Morgan fingerprint density at radius 2 is 0.434 bits per heavy atom. The van der Waals surface area contributed by atoms with E-state index in [1.807, 2.05) is 0 Å². The van der Waals surface area contributed by atoms with Crippen molar-refractivity contribution in [2.24, 2.45) is 11.8 Å². The number of esters is 4. The normalized spacial score (nSPS) is 13.8. The van der Waals surface area contributed by atoms with Crippen LogP contribution < -0.4 is 0 Å². The number of carbonyl (C=O) groups is 4. The van der Waals surface area contributed by atoms with Gasteiger partial charge in [-0.25, -0.2) is 9.13 Å². The highest BCUT2D eigenvalue weighted by molar-refractivity contribution is 7.47. The summed E-state index contributed by atoms with van der Waals surface area (Å²) in [7, 11) is -9.93. The highest BCUT2D eigenvalue weighted by atomic mass is 31.2. The van der Waals surface area contributed by atoms with Crippen molar-refractivity contribution >= 4 is 39.5 Å². The van der Waals surface area contributed by atoms with Crippen LogP contribution in [0, 0.1) is 11.8 Å². The van der Waals surface area contributed by atoms with Crippen molar-refractivity contribution in [2.75, 3.05) is 39.6 Å². The first-order valence-corrected chi connectivity index (χ1v) is 48.0. The van der Waals surface area contributed by atoms with Gasteiger partial charge in [-0.1, -0.05) is 414 Å². The molecular weight excluding hydrogens is 1380 g/mol. The molecule has 0 aliphatic carbocycles. The van der Waals surface area contributed by atoms with E-state index in [-0.39, 0.29) is 25.7 Å². The van der Waals surface area contributed by atoms with Crippen molar-refractivity contribution in [1.82, 2.24) is 0 Å². The van der Waals surface area contributed by atoms with Gasteiger partial charge >= 0.3 is 39.5 Å². The molecule has 19 heteroatoms. The first-order chi connectivity index (χ1) is 51.4. The number of hydrogen-bond acceptors (Lipinski definition) is 15. The molecule has 2 unspecified atom stereocenters. The predicted molar refractivity (Wildman–Crippen MR) is 437 cm³/mol. The first-order valence-electron chi connectivity index (χ1n) is 45.0. The fourth-order valence-corrected chi connectivity index (χ4v) is 15.2. The van der Waals surface area contributed by atoms with Crippen molar-refractivity contribution in [1.29, 1.82) is 0 Å². The Morgan fingerprint density at radius 1 is 0.255 bits per heavy atom. The zero-order valence-electron chi connectivity index (χ0n) is 69.7. The van der Waals surface area contributed by atoms with Gasteiger partial charge in [0.05, 0.1) is 26.4 Å². The molecule has 0 aliphatic rings. The van der Waals surface area contributed by atoms with E-state index in [0.717, 1.165) is 102 Å². The molecule has 0 saturated heterocycles. The highest BCUT2D eigenvalue weighted by Crippen LogP contribution is 2.45. The molecule has 5 atom stereocenters. The molecule has 0 spiro atoms. The van der Waals surface area contributed by atoms with Gasteiger partial charge in [0.2, 0.25) is 0 Å². The topological polar surface area (TPSA) is 237 Å². The van der Waals surface area contributed by atoms with Crippen LogP contribution in [-0.2, 0) is 65.4 Å². The van der Waals surface area contributed by atoms with Crippen molar-refractivity contribution in [3.63, 3.8) is 0 Å². The lowest BCUT2D eigenvalue weighted by Gasteiger charge is -2.21. The Bertz CT molecular complexity index is 2030. The number of phosphoric ester groups is 2. The minimum Gasteiger partial charge on any atom is -0.462 e. The van der Waals surface area contributed by atoms with E-state index in [9.17, 15) is 43.2 Å². The van der Waals surface area contributed by atoms with Gasteiger partial charge in [-0.05, 0) is 37.5 Å². The highest BCUT2D eigenvalue weighted by Gasteiger charge is 2.30. The second kappa shape index (κ2) is 78.3. The molecule has 106 heavy (non-hydrogen) atoms. The standard InChI is InChI=1S/C87H170O17P2/c1-7-9-11-13-15-17-19-21-23-25-27-28-29-31-35-40-44-48-52-60-65-71-86(91)103-82(75-97-84(89)69-63-57-50-46-42-38-36-32-33-37-41-45-49-55-61-67-79(3)4)77-101-105(93,94)99-73-81(88)74-100-106(95,96)102-78-83(76-98-85(90)70-64-58-54-53-56-62-68-80(5)6)104-87(92)72-66-59-51-47-43-39-34-30-26-24-22-20-18-16-14-12-10-8-2/h79-83,88H,7-78H2,1-6H3,(H,93,94)(H,95,96)/t81-,82-,83-/m1/s1. The molecule has 3 N–H and O–H groups in total. The number of ether oxygens (including phenoxy) is 4. The summed E-state index contributed by atoms with van der Waals surface area (Å²) in [5, 5.41) is 10.7. The summed E-state index contributed by atoms with van der Waals surface area (Å²) >= 11 is 0. The van der Waals surface area contributed by atoms with Crippen molar-refractivity contribution in [2.45, 2.75) is 484 Å². The Morgan fingerprint density at radius 3 is 0.642 bits per heavy atom. The molecule has 0 aromatic rings. The molecule has 0 saturated carbocycles. The molecule has 630 valence electrons. The van der Waals surface area contributed by atoms with Gasteiger partial charge in [0.25, 0.3) is 0 Å². The van der Waals surface area contributed by atoms with Gasteiger partial charge in [0, 0.05) is 25.7 Å². The average molecular weight is 1550 g/mol. The van der Waals surface area contributed by atoms with E-state index in [2.05, 4.69) is 41.5 Å². The number of unbranched alkanes of at least 4 members (excludes halogenated alkanes) is 56. The van der Waals surface area contributed by atoms with Crippen LogP contribution in [0.2, 0.25) is 0 Å². The third-order valence-electron chi connectivity index (χ3n) is 20.5. The lowest BCUT2D eigenvalue weighted by molar-refractivity contribution is -0.161. The number of aliphatic hydroxyl groups excluding tert-OH is 1. The second-order valence-electron chi connectivity index (χ2n) is 32.2. The zero-order valence-corrected chi connectivity index (χ0v) is 71.5. The smallest absolute Gasteiger partial charge is 0.462 e. The number of phosphoric acid groups is 2. The number of rotatable bonds is 86. The van der Waals surface area contributed by atoms with E-state index >= 15 is 0 Å². The van der Waals surface area contributed by atoms with E-state index in [4.69, 9.17) is 37.0 Å². The zero-order chi connectivity index (χ0) is 77.8. The maximum atomic E-state index is 13.1. The maximum Gasteiger partial charge on any atom is 0.472 e. The van der Waals surface area contributed by atoms with Crippen molar-refractivity contribution in [3.05, 3.63) is 0 Å². The molecule has 0 rings (SSSR count). The van der Waals surface area contributed by atoms with Gasteiger partial charge < -0.3 is 33.8 Å². The van der Waals surface area contributed by atoms with Crippen LogP contribution in [0.4, 0.5) is 0 Å². The summed E-state index contributed by atoms with van der Waals surface area (Å²) in [6.07, 6.45) is 71.1. The molecule has 0 bridgehead atoms. The van der Waals surface area contributed by atoms with Crippen LogP contribution in [0.1, 0.15) is 465 Å². The number of aliphatic hydroxyl groups is 1. The number of carbonyl (C=O) groups excluding carboxylic acids is 4. The monoisotopic (exact) mass is 1550 g/mol. The van der Waals surface area contributed by atoms with E-state index in [1.54, 1.807) is 0 Å². The minimum atomic E-state index is -4.97. The van der Waals surface area contributed by atoms with Crippen LogP contribution in [0.15, 0.2) is 0 Å². The van der Waals surface area contributed by atoms with Crippen LogP contribution in [0.5, 0.6) is 0 Å². The summed E-state index contributed by atoms with van der Waals surface area (Å²) in [5.74, 6) is -0.618. The van der Waals surface area contributed by atoms with E-state index in [1.165, 1.54) is 276 Å². The van der Waals surface area contributed by atoms with Gasteiger partial charge in [-0.2, -0.15) is 0 Å². The molecule has 0 aromatic heterocycles. The predicted octanol–water partition coefficient (Wildman–Crippen LogP) is 26.6. The third kappa shape index (κ3) is 80.1. The van der Waals surface area contributed by atoms with Crippen LogP contribution in [-0.4, -0.2) is 96.7 Å². The second-order valence-corrected chi connectivity index (χ2v) is 35.1. The van der Waals surface area contributed by atoms with E-state index in [0.29, 0.717) is 31.6 Å². The van der Waals surface area contributed by atoms with Crippen molar-refractivity contribution in [3.8, 4) is 0 Å². The molecule has 0 fully saturated rings. The summed E-state index contributed by atoms with van der Waals surface area (Å²) in [6.45, 7) is 9.62. The van der Waals surface area contributed by atoms with Gasteiger partial charge in [0.15, 0.2) is 12.2 Å². The summed E-state index contributed by atoms with van der Waals surface area (Å²) in [6, 6.07) is 0. The van der Waals surface area contributed by atoms with Crippen LogP contribution in [0.25, 0.3) is 0 Å². The molecule has 0 amide bonds. The maximum absolute atomic E-state index is 13.1.